The van der Waals surface area contributed by atoms with Gasteiger partial charge >= 0.3 is 37.7 Å². The summed E-state index contributed by atoms with van der Waals surface area (Å²) in [5.74, 6) is 0. The van der Waals surface area contributed by atoms with E-state index >= 15 is 0 Å². The molecule has 0 unspecified atom stereocenters. The maximum atomic E-state index is 3.25. The second kappa shape index (κ2) is 8.47. The fraction of sp³-hybridized carbons (Fsp3) is 0.125. The molecule has 0 atom stereocenters. The quantitative estimate of drug-likeness (QED) is 0.320. The van der Waals surface area contributed by atoms with Gasteiger partial charge in [-0.2, -0.15) is 22.3 Å². The fourth-order valence-electron chi connectivity index (χ4n) is 1.66. The Labute approximate surface area is 134 Å². The summed E-state index contributed by atoms with van der Waals surface area (Å²) in [6.45, 7) is 4.25. The van der Waals surface area contributed by atoms with Crippen molar-refractivity contribution >= 4 is 11.1 Å². The van der Waals surface area contributed by atoms with Crippen LogP contribution in [-0.4, -0.2) is 0 Å². The molecule has 0 N–H and O–H groups in total. The average Bonchev–Trinajstić information content (AvgIpc) is 2.39. The summed E-state index contributed by atoms with van der Waals surface area (Å²) in [5.41, 5.74) is 4.81. The monoisotopic (exact) mass is 220 g/mol. The average molecular weight is 220 g/mol. The first-order chi connectivity index (χ1) is 7.79. The molecular formula is C16H14Li2. The summed E-state index contributed by atoms with van der Waals surface area (Å²) >= 11 is 0. The minimum Gasteiger partial charge on any atom is -0.163 e. The largest absolute Gasteiger partial charge is 1.00 e. The predicted molar refractivity (Wildman–Crippen MR) is 68.7 cm³/mol. The van der Waals surface area contributed by atoms with Gasteiger partial charge < -0.3 is 0 Å². The number of hydrogen-bond acceptors (Lipinski definition) is 0. The minimum absolute atomic E-state index is 0. The number of hydrogen-bond donors (Lipinski definition) is 0. The van der Waals surface area contributed by atoms with E-state index < -0.39 is 0 Å². The van der Waals surface area contributed by atoms with Crippen molar-refractivity contribution in [1.29, 1.82) is 0 Å². The molecule has 0 aliphatic rings. The van der Waals surface area contributed by atoms with Crippen LogP contribution in [0.3, 0.4) is 0 Å². The zero-order valence-electron chi connectivity index (χ0n) is 11.6. The van der Waals surface area contributed by atoms with Crippen LogP contribution in [0.4, 0.5) is 0 Å². The summed E-state index contributed by atoms with van der Waals surface area (Å²) in [6.07, 6.45) is 0. The molecule has 0 bridgehead atoms. The van der Waals surface area contributed by atoms with Crippen LogP contribution in [0.15, 0.2) is 48.5 Å². The van der Waals surface area contributed by atoms with Crippen molar-refractivity contribution < 1.29 is 37.7 Å². The Morgan fingerprint density at radius 2 is 1.11 bits per heavy atom. The van der Waals surface area contributed by atoms with Gasteiger partial charge in [-0.3, -0.25) is 0 Å². The Morgan fingerprint density at radius 1 is 0.722 bits per heavy atom. The Morgan fingerprint density at radius 3 is 1.39 bits per heavy atom. The first-order valence-corrected chi connectivity index (χ1v) is 5.40. The molecule has 0 aliphatic heterocycles. The third-order valence-electron chi connectivity index (χ3n) is 2.79. The van der Waals surface area contributed by atoms with Gasteiger partial charge in [0, 0.05) is 0 Å². The molecule has 80 valence electrons. The molecule has 0 aromatic heterocycles. The smallest absolute Gasteiger partial charge is 0.163 e. The maximum absolute atomic E-state index is 3.25. The van der Waals surface area contributed by atoms with Crippen molar-refractivity contribution in [2.45, 2.75) is 13.8 Å². The van der Waals surface area contributed by atoms with Crippen LogP contribution in [0.2, 0.25) is 0 Å². The van der Waals surface area contributed by atoms with Crippen LogP contribution in [0, 0.1) is 12.1 Å². The van der Waals surface area contributed by atoms with Gasteiger partial charge in [-0.25, -0.2) is 0 Å². The first kappa shape index (κ1) is 17.4. The summed E-state index contributed by atoms with van der Waals surface area (Å²) in [5, 5.41) is 0. The van der Waals surface area contributed by atoms with Crippen LogP contribution in [0.5, 0.6) is 0 Å². The van der Waals surface area contributed by atoms with E-state index in [0.717, 1.165) is 11.1 Å². The van der Waals surface area contributed by atoms with Gasteiger partial charge in [0.25, 0.3) is 0 Å². The maximum Gasteiger partial charge on any atom is 1.00 e. The molecule has 0 fully saturated rings. The topological polar surface area (TPSA) is 0 Å². The Kier molecular flexibility index (Phi) is 8.18. The van der Waals surface area contributed by atoms with Gasteiger partial charge in [0.05, 0.1) is 0 Å². The predicted octanol–water partition coefficient (Wildman–Crippen LogP) is -1.75. The van der Waals surface area contributed by atoms with E-state index in [4.69, 9.17) is 0 Å². The summed E-state index contributed by atoms with van der Waals surface area (Å²) < 4.78 is 0. The van der Waals surface area contributed by atoms with Gasteiger partial charge in [-0.1, -0.05) is 13.8 Å². The molecule has 18 heavy (non-hydrogen) atoms. The van der Waals surface area contributed by atoms with E-state index in [-0.39, 0.29) is 37.7 Å². The third-order valence-corrected chi connectivity index (χ3v) is 2.79. The molecule has 0 heterocycles. The third kappa shape index (κ3) is 4.24. The normalized spacial score (nSPS) is 10.8. The van der Waals surface area contributed by atoms with Gasteiger partial charge in [0.15, 0.2) is 0 Å². The van der Waals surface area contributed by atoms with E-state index in [9.17, 15) is 0 Å². The van der Waals surface area contributed by atoms with Crippen molar-refractivity contribution in [3.05, 3.63) is 71.8 Å². The van der Waals surface area contributed by atoms with Crippen LogP contribution >= 0.6 is 0 Å². The summed E-state index contributed by atoms with van der Waals surface area (Å²) in [7, 11) is 0. The van der Waals surface area contributed by atoms with Crippen LogP contribution in [0.25, 0.3) is 11.1 Å². The molecule has 0 aliphatic carbocycles. The number of rotatable bonds is 2. The van der Waals surface area contributed by atoms with Crippen molar-refractivity contribution in [3.8, 4) is 0 Å². The van der Waals surface area contributed by atoms with Crippen molar-refractivity contribution in [2.24, 2.45) is 0 Å². The molecule has 0 saturated carbocycles. The zero-order chi connectivity index (χ0) is 11.4. The molecule has 0 saturated heterocycles. The molecule has 0 spiro atoms. The molecular weight excluding hydrogens is 206 g/mol. The fourth-order valence-corrected chi connectivity index (χ4v) is 1.66. The van der Waals surface area contributed by atoms with Gasteiger partial charge in [-0.05, 0) is 0 Å². The van der Waals surface area contributed by atoms with Crippen molar-refractivity contribution in [3.63, 3.8) is 0 Å². The van der Waals surface area contributed by atoms with Gasteiger partial charge in [-0.15, -0.1) is 60.7 Å². The zero-order valence-corrected chi connectivity index (χ0v) is 11.6. The standard InChI is InChI=1S/C16H14.2Li/c1-13(15-9-5-3-6-10-15)14(2)16-11-7-4-8-12-16;;/h3-9,11H,1-2H3;;/q-2;2*+1/b14-13-;;. The Hall–Kier alpha value is -0.625. The van der Waals surface area contributed by atoms with Crippen LogP contribution in [0.1, 0.15) is 25.0 Å². The molecule has 2 aromatic rings. The van der Waals surface area contributed by atoms with E-state index in [1.54, 1.807) is 0 Å². The van der Waals surface area contributed by atoms with E-state index in [1.165, 1.54) is 11.1 Å². The second-order valence-electron chi connectivity index (χ2n) is 3.80. The van der Waals surface area contributed by atoms with Gasteiger partial charge in [0.1, 0.15) is 0 Å². The first-order valence-electron chi connectivity index (χ1n) is 5.40. The molecule has 2 heteroatoms. The molecule has 2 aromatic carbocycles. The van der Waals surface area contributed by atoms with Gasteiger partial charge in [0.2, 0.25) is 0 Å². The Balaban J connectivity index is 0.00000144. The van der Waals surface area contributed by atoms with E-state index in [2.05, 4.69) is 38.1 Å². The number of benzene rings is 2. The van der Waals surface area contributed by atoms with Crippen LogP contribution < -0.4 is 37.7 Å². The molecule has 0 radical (unpaired) electrons. The van der Waals surface area contributed by atoms with Crippen molar-refractivity contribution in [2.75, 3.05) is 0 Å². The van der Waals surface area contributed by atoms with Crippen molar-refractivity contribution in [1.82, 2.24) is 0 Å². The van der Waals surface area contributed by atoms with Crippen LogP contribution in [-0.2, 0) is 0 Å². The Bertz CT molecular complexity index is 440. The second-order valence-corrected chi connectivity index (χ2v) is 3.80. The number of allylic oxidation sites excluding steroid dienone is 2. The summed E-state index contributed by atoms with van der Waals surface area (Å²) in [6, 6.07) is 22.6. The molecule has 0 nitrogen and oxygen atoms in total. The summed E-state index contributed by atoms with van der Waals surface area (Å²) in [4.78, 5) is 0. The van der Waals surface area contributed by atoms with E-state index in [0.29, 0.717) is 0 Å². The van der Waals surface area contributed by atoms with E-state index in [1.807, 2.05) is 36.4 Å². The minimum atomic E-state index is 0. The molecule has 0 amide bonds. The SMILES string of the molecule is C/C(=C(\C)c1[c-]cccc1)c1[c-]cccc1.[Li+].[Li+]. The molecule has 2 rings (SSSR count).